The summed E-state index contributed by atoms with van der Waals surface area (Å²) < 4.78 is 51.2. The van der Waals surface area contributed by atoms with Crippen molar-refractivity contribution in [3.05, 3.63) is 24.3 Å². The second kappa shape index (κ2) is 9.63. The van der Waals surface area contributed by atoms with E-state index in [1.807, 2.05) is 6.92 Å². The van der Waals surface area contributed by atoms with Crippen molar-refractivity contribution in [2.45, 2.75) is 43.5 Å². The number of aromatic nitrogens is 2. The van der Waals surface area contributed by atoms with Gasteiger partial charge in [-0.25, -0.2) is 17.8 Å². The van der Waals surface area contributed by atoms with Crippen LogP contribution in [0.5, 0.6) is 5.75 Å². The van der Waals surface area contributed by atoms with Gasteiger partial charge in [-0.15, -0.1) is 0 Å². The average molecular weight is 473 g/mol. The van der Waals surface area contributed by atoms with Crippen LogP contribution in [0.15, 0.2) is 23.4 Å². The summed E-state index contributed by atoms with van der Waals surface area (Å²) in [5.41, 5.74) is 12.7. The summed E-state index contributed by atoms with van der Waals surface area (Å²) >= 11 is 0.852. The van der Waals surface area contributed by atoms with Crippen LogP contribution in [0.3, 0.4) is 0 Å². The number of hydrogen-bond acceptors (Lipinski definition) is 9. The van der Waals surface area contributed by atoms with Crippen LogP contribution in [-0.2, 0) is 10.0 Å². The number of nitrogens with one attached hydrogen (secondary N) is 2. The Labute approximate surface area is 186 Å². The lowest BCUT2D eigenvalue weighted by Crippen LogP contribution is -2.43. The molecule has 2 aromatic rings. The summed E-state index contributed by atoms with van der Waals surface area (Å²) in [6.07, 6.45) is 5.46. The normalized spacial score (nSPS) is 17.5. The maximum atomic E-state index is 14.8. The first kappa shape index (κ1) is 23.6. The Hall–Kier alpha value is -2.02. The van der Waals surface area contributed by atoms with E-state index in [9.17, 15) is 12.8 Å². The molecule has 1 aliphatic carbocycles. The Balaban J connectivity index is 1.77. The standard InChI is InChI=1S/C19H29FN6O3S2/c1-12(22)13(8-19(10-21)4-3-5-19)9-23-15-6-14(20)17(7-16(15)29-2)31(27,28)26-18-24-11-25-30-18/h6-7,11-13,23H,3-5,8-10,21-22H2,1-2H3,(H,24,25,26)/t12-,13?/m1/s1. The van der Waals surface area contributed by atoms with E-state index in [-0.39, 0.29) is 28.3 Å². The van der Waals surface area contributed by atoms with Gasteiger partial charge in [0.1, 0.15) is 22.8 Å². The highest BCUT2D eigenvalue weighted by Gasteiger charge is 2.38. The topological polar surface area (TPSA) is 145 Å². The molecular formula is C19H29FN6O3S2. The molecule has 0 radical (unpaired) electrons. The van der Waals surface area contributed by atoms with Gasteiger partial charge in [0.2, 0.25) is 5.13 Å². The smallest absolute Gasteiger partial charge is 0.266 e. The summed E-state index contributed by atoms with van der Waals surface area (Å²) in [5.74, 6) is -0.575. The molecule has 0 saturated heterocycles. The molecule has 172 valence electrons. The second-order valence-corrected chi connectivity index (χ2v) is 10.5. The van der Waals surface area contributed by atoms with Gasteiger partial charge < -0.3 is 21.5 Å². The van der Waals surface area contributed by atoms with Crippen LogP contribution in [0.1, 0.15) is 32.6 Å². The lowest BCUT2D eigenvalue weighted by molar-refractivity contribution is 0.100. The van der Waals surface area contributed by atoms with Gasteiger partial charge in [-0.3, -0.25) is 4.72 Å². The molecule has 1 fully saturated rings. The number of nitrogens with two attached hydrogens (primary N) is 2. The zero-order chi connectivity index (χ0) is 22.6. The summed E-state index contributed by atoms with van der Waals surface area (Å²) in [6, 6.07) is 2.19. The SMILES string of the molecule is COc1cc(S(=O)(=O)Nc2ncns2)c(F)cc1NCC(CC1(CN)CCC1)[C@@H](C)N. The van der Waals surface area contributed by atoms with Crippen LogP contribution < -0.4 is 26.2 Å². The van der Waals surface area contributed by atoms with E-state index in [0.717, 1.165) is 42.9 Å². The molecule has 9 nitrogen and oxygen atoms in total. The van der Waals surface area contributed by atoms with Gasteiger partial charge in [0, 0.05) is 36.3 Å². The zero-order valence-electron chi connectivity index (χ0n) is 17.6. The van der Waals surface area contributed by atoms with Crippen molar-refractivity contribution < 1.29 is 17.5 Å². The first-order valence-electron chi connectivity index (χ1n) is 10.1. The van der Waals surface area contributed by atoms with Crippen LogP contribution in [-0.4, -0.2) is 44.0 Å². The summed E-state index contributed by atoms with van der Waals surface area (Å²) in [4.78, 5) is 3.22. The first-order valence-corrected chi connectivity index (χ1v) is 12.3. The predicted molar refractivity (Wildman–Crippen MR) is 119 cm³/mol. The quantitative estimate of drug-likeness (QED) is 0.390. The Morgan fingerprint density at radius 3 is 2.65 bits per heavy atom. The van der Waals surface area contributed by atoms with Crippen molar-refractivity contribution in [1.82, 2.24) is 9.36 Å². The molecule has 2 atom stereocenters. The van der Waals surface area contributed by atoms with Crippen molar-refractivity contribution in [3.8, 4) is 5.75 Å². The fraction of sp³-hybridized carbons (Fsp3) is 0.579. The highest BCUT2D eigenvalue weighted by molar-refractivity contribution is 7.93. The monoisotopic (exact) mass is 472 g/mol. The zero-order valence-corrected chi connectivity index (χ0v) is 19.2. The van der Waals surface area contributed by atoms with Crippen molar-refractivity contribution in [2.75, 3.05) is 30.2 Å². The third-order valence-corrected chi connectivity index (χ3v) is 8.03. The number of methoxy groups -OCH3 is 1. The van der Waals surface area contributed by atoms with Gasteiger partial charge in [-0.2, -0.15) is 4.37 Å². The summed E-state index contributed by atoms with van der Waals surface area (Å²) in [5, 5.41) is 3.23. The number of nitrogens with zero attached hydrogens (tertiary/aromatic N) is 2. The third-order valence-electron chi connectivity index (χ3n) is 5.97. The van der Waals surface area contributed by atoms with E-state index >= 15 is 0 Å². The summed E-state index contributed by atoms with van der Waals surface area (Å²) in [7, 11) is -2.79. The van der Waals surface area contributed by atoms with Gasteiger partial charge >= 0.3 is 0 Å². The molecule has 31 heavy (non-hydrogen) atoms. The van der Waals surface area contributed by atoms with E-state index in [1.54, 1.807) is 0 Å². The third kappa shape index (κ3) is 5.43. The minimum Gasteiger partial charge on any atom is -0.495 e. The molecule has 0 spiro atoms. The Morgan fingerprint density at radius 1 is 1.39 bits per heavy atom. The molecule has 0 amide bonds. The molecule has 0 aliphatic heterocycles. The van der Waals surface area contributed by atoms with Crippen molar-refractivity contribution in [1.29, 1.82) is 0 Å². The van der Waals surface area contributed by atoms with E-state index in [4.69, 9.17) is 16.2 Å². The van der Waals surface area contributed by atoms with Gasteiger partial charge in [0.15, 0.2) is 0 Å². The van der Waals surface area contributed by atoms with Gasteiger partial charge in [-0.05, 0) is 44.1 Å². The van der Waals surface area contributed by atoms with E-state index in [1.165, 1.54) is 19.9 Å². The molecule has 1 heterocycles. The lowest BCUT2D eigenvalue weighted by atomic mass is 9.63. The van der Waals surface area contributed by atoms with Gasteiger partial charge in [0.25, 0.3) is 10.0 Å². The minimum absolute atomic E-state index is 0.0465. The number of sulfonamides is 1. The molecule has 1 unspecified atom stereocenters. The number of hydrogen-bond donors (Lipinski definition) is 4. The number of ether oxygens (including phenoxy) is 1. The van der Waals surface area contributed by atoms with Crippen molar-refractivity contribution in [3.63, 3.8) is 0 Å². The van der Waals surface area contributed by atoms with E-state index in [2.05, 4.69) is 19.4 Å². The Morgan fingerprint density at radius 2 is 2.13 bits per heavy atom. The fourth-order valence-electron chi connectivity index (χ4n) is 3.85. The van der Waals surface area contributed by atoms with E-state index < -0.39 is 20.7 Å². The van der Waals surface area contributed by atoms with Crippen molar-refractivity contribution >= 4 is 32.4 Å². The van der Waals surface area contributed by atoms with Crippen LogP contribution in [0.2, 0.25) is 0 Å². The molecule has 1 aromatic heterocycles. The molecule has 0 bridgehead atoms. The molecule has 12 heteroatoms. The predicted octanol–water partition coefficient (Wildman–Crippen LogP) is 2.38. The Bertz CT molecular complexity index is 975. The molecule has 3 rings (SSSR count). The maximum absolute atomic E-state index is 14.8. The van der Waals surface area contributed by atoms with Crippen LogP contribution in [0, 0.1) is 17.2 Å². The average Bonchev–Trinajstić information content (AvgIpc) is 3.18. The molecule has 1 aromatic carbocycles. The van der Waals surface area contributed by atoms with Gasteiger partial charge in [0.05, 0.1) is 12.8 Å². The van der Waals surface area contributed by atoms with Crippen molar-refractivity contribution in [2.24, 2.45) is 22.8 Å². The fourth-order valence-corrected chi connectivity index (χ4v) is 5.58. The maximum Gasteiger partial charge on any atom is 0.266 e. The second-order valence-electron chi connectivity index (χ2n) is 8.10. The molecular weight excluding hydrogens is 443 g/mol. The van der Waals surface area contributed by atoms with Crippen LogP contribution in [0.4, 0.5) is 15.2 Å². The largest absolute Gasteiger partial charge is 0.495 e. The van der Waals surface area contributed by atoms with E-state index in [0.29, 0.717) is 18.8 Å². The number of rotatable bonds is 11. The highest BCUT2D eigenvalue weighted by atomic mass is 32.2. The van der Waals surface area contributed by atoms with Crippen LogP contribution in [0.25, 0.3) is 0 Å². The van der Waals surface area contributed by atoms with Crippen LogP contribution >= 0.6 is 11.5 Å². The minimum atomic E-state index is -4.19. The number of anilines is 2. The number of halogens is 1. The lowest BCUT2D eigenvalue weighted by Gasteiger charge is -2.44. The molecule has 6 N–H and O–H groups in total. The Kier molecular flexibility index (Phi) is 7.35. The summed E-state index contributed by atoms with van der Waals surface area (Å²) in [6.45, 7) is 3.06. The number of benzene rings is 1. The highest BCUT2D eigenvalue weighted by Crippen LogP contribution is 2.45. The molecule has 1 aliphatic rings. The van der Waals surface area contributed by atoms with Gasteiger partial charge in [-0.1, -0.05) is 6.42 Å². The molecule has 1 saturated carbocycles. The first-order chi connectivity index (χ1) is 14.7.